The number of hydrogen-bond acceptors (Lipinski definition) is 4. The molecule has 0 aromatic heterocycles. The van der Waals surface area contributed by atoms with Crippen molar-refractivity contribution in [3.05, 3.63) is 106 Å². The Bertz CT molecular complexity index is 1230. The molecule has 4 heteroatoms. The molecule has 0 aliphatic rings. The molecular weight excluding hydrogens is 506 g/mol. The first-order valence-electron chi connectivity index (χ1n) is 15.3. The molecule has 222 valence electrons. The average molecular weight is 558 g/mol. The second-order valence-electron chi connectivity index (χ2n) is 12.2. The summed E-state index contributed by atoms with van der Waals surface area (Å²) in [5.74, 6) is -0.874. The Kier molecular flexibility index (Phi) is 12.2. The molecule has 0 bridgehead atoms. The zero-order valence-electron chi connectivity index (χ0n) is 26.5. The van der Waals surface area contributed by atoms with Crippen molar-refractivity contribution in [2.45, 2.75) is 106 Å². The summed E-state index contributed by atoms with van der Waals surface area (Å²) in [6.45, 7) is 18.3. The second-order valence-corrected chi connectivity index (χ2v) is 12.2. The van der Waals surface area contributed by atoms with Crippen molar-refractivity contribution in [2.24, 2.45) is 11.8 Å². The predicted octanol–water partition coefficient (Wildman–Crippen LogP) is 8.42. The van der Waals surface area contributed by atoms with Crippen LogP contribution in [0.4, 0.5) is 0 Å². The fraction of sp³-hybridized carbons (Fsp3) is 0.486. The summed E-state index contributed by atoms with van der Waals surface area (Å²) in [5.41, 5.74) is 8.60. The van der Waals surface area contributed by atoms with Gasteiger partial charge in [-0.1, -0.05) is 106 Å². The Morgan fingerprint density at radius 2 is 1.46 bits per heavy atom. The van der Waals surface area contributed by atoms with Gasteiger partial charge in [0, 0.05) is 19.1 Å². The van der Waals surface area contributed by atoms with Crippen LogP contribution in [-0.2, 0) is 22.6 Å². The van der Waals surface area contributed by atoms with Crippen molar-refractivity contribution in [1.82, 2.24) is 4.90 Å². The number of aliphatic hydroxyl groups excluding tert-OH is 1. The molecule has 3 rings (SSSR count). The van der Waals surface area contributed by atoms with Crippen molar-refractivity contribution < 1.29 is 14.6 Å². The fourth-order valence-corrected chi connectivity index (χ4v) is 5.82. The molecule has 0 saturated carbocycles. The monoisotopic (exact) mass is 557 g/mol. The first-order chi connectivity index (χ1) is 19.5. The number of ether oxygens (including phenoxy) is 1. The van der Waals surface area contributed by atoms with E-state index >= 15 is 0 Å². The molecule has 4 atom stereocenters. The number of unbranched alkanes of at least 4 members (excludes halogenated alkanes) is 1. The standard InChI is InChI=1S/C37H51NO3/c1-9-10-20-33(35(39)25(2)3)37(40)41-36(31-17-12-11-13-18-31)30(8)38(23-32-19-15-14-16-27(32)5)24-34-28(6)21-26(4)22-29(34)7/h11-19,21-22,25,30,33,35-36,39H,9-10,20,23-24H2,1-8H3/t30-,33?,35?,36-/m0/s1. The molecule has 2 unspecified atom stereocenters. The lowest BCUT2D eigenvalue weighted by molar-refractivity contribution is -0.164. The van der Waals surface area contributed by atoms with E-state index in [0.29, 0.717) is 6.42 Å². The van der Waals surface area contributed by atoms with Gasteiger partial charge in [0.2, 0.25) is 0 Å². The molecule has 41 heavy (non-hydrogen) atoms. The Labute approximate surface area is 248 Å². The molecule has 0 heterocycles. The number of aliphatic hydroxyl groups is 1. The smallest absolute Gasteiger partial charge is 0.312 e. The third kappa shape index (κ3) is 8.77. The van der Waals surface area contributed by atoms with Crippen LogP contribution in [0, 0.1) is 39.5 Å². The highest BCUT2D eigenvalue weighted by Crippen LogP contribution is 2.32. The van der Waals surface area contributed by atoms with Gasteiger partial charge in [-0.25, -0.2) is 0 Å². The molecular formula is C37H51NO3. The number of benzene rings is 3. The zero-order chi connectivity index (χ0) is 30.1. The normalized spacial score (nSPS) is 14.6. The lowest BCUT2D eigenvalue weighted by Gasteiger charge is -2.37. The third-order valence-corrected chi connectivity index (χ3v) is 8.49. The molecule has 0 radical (unpaired) electrons. The maximum absolute atomic E-state index is 13.8. The van der Waals surface area contributed by atoms with E-state index in [2.05, 4.69) is 82.8 Å². The molecule has 0 aliphatic carbocycles. The van der Waals surface area contributed by atoms with E-state index in [-0.39, 0.29) is 17.9 Å². The van der Waals surface area contributed by atoms with E-state index < -0.39 is 18.1 Å². The van der Waals surface area contributed by atoms with E-state index in [1.807, 2.05) is 44.2 Å². The highest BCUT2D eigenvalue weighted by atomic mass is 16.5. The zero-order valence-corrected chi connectivity index (χ0v) is 26.5. The summed E-state index contributed by atoms with van der Waals surface area (Å²) in [6.07, 6.45) is 1.25. The van der Waals surface area contributed by atoms with Crippen molar-refractivity contribution in [2.75, 3.05) is 0 Å². The minimum absolute atomic E-state index is 0.0259. The van der Waals surface area contributed by atoms with Gasteiger partial charge >= 0.3 is 5.97 Å². The lowest BCUT2D eigenvalue weighted by Crippen LogP contribution is -2.41. The van der Waals surface area contributed by atoms with Gasteiger partial charge in [0.25, 0.3) is 0 Å². The molecule has 3 aromatic rings. The number of nitrogens with zero attached hydrogens (tertiary/aromatic N) is 1. The van der Waals surface area contributed by atoms with Gasteiger partial charge in [0.05, 0.1) is 12.0 Å². The van der Waals surface area contributed by atoms with Crippen LogP contribution in [0.2, 0.25) is 0 Å². The van der Waals surface area contributed by atoms with Crippen LogP contribution in [-0.4, -0.2) is 28.1 Å². The Hall–Kier alpha value is -2.95. The van der Waals surface area contributed by atoms with E-state index in [9.17, 15) is 9.90 Å². The average Bonchev–Trinajstić information content (AvgIpc) is 2.94. The van der Waals surface area contributed by atoms with Gasteiger partial charge in [0.1, 0.15) is 6.10 Å². The van der Waals surface area contributed by atoms with E-state index in [4.69, 9.17) is 4.74 Å². The lowest BCUT2D eigenvalue weighted by atomic mass is 9.89. The van der Waals surface area contributed by atoms with Crippen molar-refractivity contribution >= 4 is 5.97 Å². The number of esters is 1. The maximum atomic E-state index is 13.8. The van der Waals surface area contributed by atoms with E-state index in [1.54, 1.807) is 0 Å². The third-order valence-electron chi connectivity index (χ3n) is 8.49. The largest absolute Gasteiger partial charge is 0.456 e. The first-order valence-corrected chi connectivity index (χ1v) is 15.3. The summed E-state index contributed by atoms with van der Waals surface area (Å²) >= 11 is 0. The SMILES string of the molecule is CCCCC(C(=O)O[C@H](c1ccccc1)[C@H](C)N(Cc1ccccc1C)Cc1c(C)cc(C)cc1C)C(O)C(C)C. The summed E-state index contributed by atoms with van der Waals surface area (Å²) in [7, 11) is 0. The van der Waals surface area contributed by atoms with Crippen LogP contribution in [0.1, 0.15) is 92.0 Å². The molecule has 1 N–H and O–H groups in total. The van der Waals surface area contributed by atoms with Gasteiger partial charge < -0.3 is 9.84 Å². The van der Waals surface area contributed by atoms with Gasteiger partial charge in [-0.15, -0.1) is 0 Å². The second kappa shape index (κ2) is 15.3. The van der Waals surface area contributed by atoms with Crippen molar-refractivity contribution in [1.29, 1.82) is 0 Å². The van der Waals surface area contributed by atoms with E-state index in [1.165, 1.54) is 33.4 Å². The van der Waals surface area contributed by atoms with Gasteiger partial charge in [-0.3, -0.25) is 9.69 Å². The molecule has 0 aliphatic heterocycles. The molecule has 0 fully saturated rings. The quantitative estimate of drug-likeness (QED) is 0.202. The summed E-state index contributed by atoms with van der Waals surface area (Å²) < 4.78 is 6.45. The number of aryl methyl sites for hydroxylation is 4. The van der Waals surface area contributed by atoms with Crippen molar-refractivity contribution in [3.8, 4) is 0 Å². The molecule has 3 aromatic carbocycles. The van der Waals surface area contributed by atoms with Gasteiger partial charge in [-0.2, -0.15) is 0 Å². The van der Waals surface area contributed by atoms with Crippen LogP contribution >= 0.6 is 0 Å². The van der Waals surface area contributed by atoms with E-state index in [0.717, 1.165) is 31.5 Å². The van der Waals surface area contributed by atoms with Crippen LogP contribution in [0.25, 0.3) is 0 Å². The Morgan fingerprint density at radius 1 is 0.854 bits per heavy atom. The predicted molar refractivity (Wildman–Crippen MR) is 170 cm³/mol. The van der Waals surface area contributed by atoms with Crippen LogP contribution in [0.3, 0.4) is 0 Å². The minimum Gasteiger partial charge on any atom is -0.456 e. The summed E-state index contributed by atoms with van der Waals surface area (Å²) in [6, 6.07) is 23.0. The minimum atomic E-state index is -0.735. The number of hydrogen-bond donors (Lipinski definition) is 1. The van der Waals surface area contributed by atoms with Crippen LogP contribution < -0.4 is 0 Å². The van der Waals surface area contributed by atoms with Gasteiger partial charge in [0.15, 0.2) is 0 Å². The number of carbonyl (C=O) groups is 1. The van der Waals surface area contributed by atoms with Crippen LogP contribution in [0.5, 0.6) is 0 Å². The first kappa shape index (κ1) is 32.6. The van der Waals surface area contributed by atoms with Crippen molar-refractivity contribution in [3.63, 3.8) is 0 Å². The molecule has 0 amide bonds. The maximum Gasteiger partial charge on any atom is 0.312 e. The number of rotatable bonds is 14. The Balaban J connectivity index is 2.04. The topological polar surface area (TPSA) is 49.8 Å². The highest BCUT2D eigenvalue weighted by molar-refractivity contribution is 5.73. The highest BCUT2D eigenvalue weighted by Gasteiger charge is 2.35. The molecule has 0 spiro atoms. The van der Waals surface area contributed by atoms with Gasteiger partial charge in [-0.05, 0) is 80.3 Å². The summed E-state index contributed by atoms with van der Waals surface area (Å²) in [5, 5.41) is 11.0. The molecule has 4 nitrogen and oxygen atoms in total. The Morgan fingerprint density at radius 3 is 2.05 bits per heavy atom. The molecule has 0 saturated heterocycles. The fourth-order valence-electron chi connectivity index (χ4n) is 5.82. The number of carbonyl (C=O) groups excluding carboxylic acids is 1. The summed E-state index contributed by atoms with van der Waals surface area (Å²) in [4.78, 5) is 16.3. The van der Waals surface area contributed by atoms with Crippen LogP contribution in [0.15, 0.2) is 66.7 Å².